The molecule has 1 aliphatic rings. The van der Waals surface area contributed by atoms with Gasteiger partial charge in [0, 0.05) is 38.0 Å². The summed E-state index contributed by atoms with van der Waals surface area (Å²) in [6, 6.07) is 4.08. The topological polar surface area (TPSA) is 80.7 Å². The van der Waals surface area contributed by atoms with Crippen molar-refractivity contribution in [3.63, 3.8) is 0 Å². The van der Waals surface area contributed by atoms with Gasteiger partial charge in [0.25, 0.3) is 0 Å². The molecule has 7 nitrogen and oxygen atoms in total. The van der Waals surface area contributed by atoms with E-state index in [1.54, 1.807) is 0 Å². The molecule has 0 aromatic carbocycles. The van der Waals surface area contributed by atoms with Crippen LogP contribution in [0, 0.1) is 12.8 Å². The van der Waals surface area contributed by atoms with E-state index < -0.39 is 12.1 Å². The number of hydrogen-bond acceptors (Lipinski definition) is 5. The van der Waals surface area contributed by atoms with Crippen LogP contribution in [-0.2, 0) is 29.2 Å². The third kappa shape index (κ3) is 6.68. The van der Waals surface area contributed by atoms with Crippen molar-refractivity contribution in [3.8, 4) is 0 Å². The summed E-state index contributed by atoms with van der Waals surface area (Å²) in [6.45, 7) is 9.25. The Hall–Kier alpha value is -2.33. The lowest BCUT2D eigenvalue weighted by molar-refractivity contribution is -0.192. The minimum absolute atomic E-state index is 0.483. The summed E-state index contributed by atoms with van der Waals surface area (Å²) in [5, 5.41) is 7.12. The van der Waals surface area contributed by atoms with Gasteiger partial charge in [0.2, 0.25) is 0 Å². The molecule has 0 radical (unpaired) electrons. The number of nitrogens with zero attached hydrogens (tertiary/aromatic N) is 3. The van der Waals surface area contributed by atoms with Crippen LogP contribution in [0.4, 0.5) is 13.2 Å². The smallest absolute Gasteiger partial charge is 0.475 e. The Morgan fingerprint density at radius 2 is 2.11 bits per heavy atom. The van der Waals surface area contributed by atoms with Crippen molar-refractivity contribution in [1.29, 1.82) is 0 Å². The Morgan fingerprint density at radius 3 is 2.68 bits per heavy atom. The lowest BCUT2D eigenvalue weighted by Gasteiger charge is -2.22. The van der Waals surface area contributed by atoms with Crippen LogP contribution in [-0.4, -0.2) is 51.5 Å². The van der Waals surface area contributed by atoms with Crippen LogP contribution >= 0.6 is 0 Å². The number of fused-ring (bicyclic) bond motifs is 1. The standard InChI is InChI=1S/C16H23N3O2.C2HF3O2/c1-3-20-12-14-8-18(10-15-5-4-13(2)21-15)11-16-17-6-7-19(16)9-14;3-2(4,5)1(6)7/h4-7,14H,3,8-12H2,1-2H3;(H,6,7). The molecule has 1 aliphatic heterocycles. The van der Waals surface area contributed by atoms with E-state index in [2.05, 4.69) is 26.7 Å². The lowest BCUT2D eigenvalue weighted by Crippen LogP contribution is -2.30. The zero-order valence-corrected chi connectivity index (χ0v) is 15.8. The quantitative estimate of drug-likeness (QED) is 0.827. The largest absolute Gasteiger partial charge is 0.490 e. The van der Waals surface area contributed by atoms with E-state index >= 15 is 0 Å². The molecule has 2 aromatic heterocycles. The van der Waals surface area contributed by atoms with Gasteiger partial charge in [0.1, 0.15) is 17.3 Å². The number of rotatable bonds is 5. The summed E-state index contributed by atoms with van der Waals surface area (Å²) in [5.41, 5.74) is 0. The second kappa shape index (κ2) is 9.74. The minimum Gasteiger partial charge on any atom is -0.475 e. The van der Waals surface area contributed by atoms with Crippen molar-refractivity contribution < 1.29 is 32.2 Å². The van der Waals surface area contributed by atoms with Crippen LogP contribution in [0.25, 0.3) is 0 Å². The van der Waals surface area contributed by atoms with Crippen molar-refractivity contribution in [2.75, 3.05) is 19.8 Å². The zero-order valence-electron chi connectivity index (χ0n) is 15.8. The molecule has 1 atom stereocenters. The first-order valence-electron chi connectivity index (χ1n) is 8.84. The molecule has 0 saturated heterocycles. The highest BCUT2D eigenvalue weighted by Crippen LogP contribution is 2.19. The van der Waals surface area contributed by atoms with Crippen LogP contribution in [0.5, 0.6) is 0 Å². The highest BCUT2D eigenvalue weighted by atomic mass is 19.4. The molecular formula is C18H24F3N3O4. The van der Waals surface area contributed by atoms with Crippen LogP contribution in [0.1, 0.15) is 24.3 Å². The fraction of sp³-hybridized carbons (Fsp3) is 0.556. The van der Waals surface area contributed by atoms with Gasteiger partial charge in [-0.25, -0.2) is 9.78 Å². The highest BCUT2D eigenvalue weighted by Gasteiger charge is 2.38. The SMILES string of the molecule is CCOCC1CN(Cc2ccc(C)o2)Cc2nccn2C1.O=C(O)C(F)(F)F. The molecule has 2 aromatic rings. The maximum Gasteiger partial charge on any atom is 0.490 e. The summed E-state index contributed by atoms with van der Waals surface area (Å²) in [4.78, 5) is 15.8. The van der Waals surface area contributed by atoms with Gasteiger partial charge in [0.05, 0.1) is 19.7 Å². The monoisotopic (exact) mass is 403 g/mol. The molecule has 28 heavy (non-hydrogen) atoms. The molecule has 0 amide bonds. The van der Waals surface area contributed by atoms with Gasteiger partial charge in [-0.2, -0.15) is 13.2 Å². The van der Waals surface area contributed by atoms with Crippen molar-refractivity contribution in [2.24, 2.45) is 5.92 Å². The number of aliphatic carboxylic acids is 1. The molecule has 0 spiro atoms. The van der Waals surface area contributed by atoms with Gasteiger partial charge in [0.15, 0.2) is 0 Å². The number of aryl methyl sites for hydroxylation is 1. The number of halogens is 3. The molecule has 0 saturated carbocycles. The number of aromatic nitrogens is 2. The number of carbonyl (C=O) groups is 1. The van der Waals surface area contributed by atoms with E-state index in [-0.39, 0.29) is 0 Å². The van der Waals surface area contributed by atoms with Gasteiger partial charge >= 0.3 is 12.1 Å². The Labute approximate surface area is 160 Å². The Balaban J connectivity index is 0.000000345. The van der Waals surface area contributed by atoms with Gasteiger partial charge in [-0.05, 0) is 26.0 Å². The summed E-state index contributed by atoms with van der Waals surface area (Å²) >= 11 is 0. The van der Waals surface area contributed by atoms with Gasteiger partial charge in [-0.1, -0.05) is 0 Å². The summed E-state index contributed by atoms with van der Waals surface area (Å²) in [5.74, 6) is 0.830. The van der Waals surface area contributed by atoms with Crippen molar-refractivity contribution >= 4 is 5.97 Å². The number of furan rings is 1. The third-order valence-corrected chi connectivity index (χ3v) is 4.11. The maximum absolute atomic E-state index is 10.6. The fourth-order valence-electron chi connectivity index (χ4n) is 2.92. The third-order valence-electron chi connectivity index (χ3n) is 4.11. The Morgan fingerprint density at radius 1 is 1.39 bits per heavy atom. The van der Waals surface area contributed by atoms with Gasteiger partial charge < -0.3 is 18.8 Å². The summed E-state index contributed by atoms with van der Waals surface area (Å²) < 4.78 is 45.3. The molecule has 0 fully saturated rings. The maximum atomic E-state index is 10.6. The molecule has 1 unspecified atom stereocenters. The van der Waals surface area contributed by atoms with E-state index in [1.165, 1.54) is 0 Å². The first-order valence-corrected chi connectivity index (χ1v) is 8.84. The molecule has 0 aliphatic carbocycles. The predicted octanol–water partition coefficient (Wildman–Crippen LogP) is 3.09. The molecule has 3 rings (SSSR count). The Bertz CT molecular complexity index is 757. The van der Waals surface area contributed by atoms with E-state index in [4.69, 9.17) is 19.1 Å². The second-order valence-corrected chi connectivity index (χ2v) is 6.51. The van der Waals surface area contributed by atoms with E-state index in [0.29, 0.717) is 5.92 Å². The van der Waals surface area contributed by atoms with Crippen molar-refractivity contribution in [3.05, 3.63) is 41.9 Å². The molecule has 0 bridgehead atoms. The van der Waals surface area contributed by atoms with E-state index in [9.17, 15) is 13.2 Å². The molecule has 1 N–H and O–H groups in total. The lowest BCUT2D eigenvalue weighted by atomic mass is 10.1. The number of carboxylic acids is 1. The number of alkyl halides is 3. The van der Waals surface area contributed by atoms with E-state index in [0.717, 1.165) is 56.7 Å². The second-order valence-electron chi connectivity index (χ2n) is 6.51. The number of imidazole rings is 1. The van der Waals surface area contributed by atoms with Crippen molar-refractivity contribution in [2.45, 2.75) is 39.7 Å². The van der Waals surface area contributed by atoms with Crippen LogP contribution in [0.2, 0.25) is 0 Å². The van der Waals surface area contributed by atoms with Gasteiger partial charge in [-0.3, -0.25) is 4.90 Å². The average Bonchev–Trinajstić information content (AvgIpc) is 3.17. The van der Waals surface area contributed by atoms with E-state index in [1.807, 2.05) is 26.1 Å². The molecule has 3 heterocycles. The number of ether oxygens (including phenoxy) is 1. The highest BCUT2D eigenvalue weighted by molar-refractivity contribution is 5.73. The predicted molar refractivity (Wildman–Crippen MR) is 93.5 cm³/mol. The molecule has 156 valence electrons. The van der Waals surface area contributed by atoms with Crippen LogP contribution in [0.15, 0.2) is 28.9 Å². The van der Waals surface area contributed by atoms with Crippen LogP contribution in [0.3, 0.4) is 0 Å². The van der Waals surface area contributed by atoms with Gasteiger partial charge in [-0.15, -0.1) is 0 Å². The summed E-state index contributed by atoms with van der Waals surface area (Å²) in [6.07, 6.45) is -1.14. The molecule has 10 heteroatoms. The first-order chi connectivity index (χ1) is 13.2. The normalized spacial score (nSPS) is 17.4. The minimum atomic E-state index is -5.08. The van der Waals surface area contributed by atoms with Crippen molar-refractivity contribution in [1.82, 2.24) is 14.5 Å². The molecular weight excluding hydrogens is 379 g/mol. The number of carboxylic acid groups (broad SMARTS) is 1. The first kappa shape index (κ1) is 22.0. The number of hydrogen-bond donors (Lipinski definition) is 1. The zero-order chi connectivity index (χ0) is 20.7. The average molecular weight is 403 g/mol. The fourth-order valence-corrected chi connectivity index (χ4v) is 2.92. The summed E-state index contributed by atoms with van der Waals surface area (Å²) in [7, 11) is 0. The van der Waals surface area contributed by atoms with Crippen LogP contribution < -0.4 is 0 Å². The Kier molecular flexibility index (Phi) is 7.64.